The minimum absolute atomic E-state index is 0.267. The van der Waals surface area contributed by atoms with Gasteiger partial charge < -0.3 is 5.11 Å². The second-order valence-corrected chi connectivity index (χ2v) is 7.73. The Kier molecular flexibility index (Phi) is 5.82. The zero-order valence-corrected chi connectivity index (χ0v) is 13.1. The van der Waals surface area contributed by atoms with E-state index in [0.29, 0.717) is 0 Å². The van der Waals surface area contributed by atoms with Crippen LogP contribution in [-0.2, 0) is 9.84 Å². The minimum atomic E-state index is -4.55. The molecule has 0 amide bonds. The first-order valence-corrected chi connectivity index (χ1v) is 8.49. The van der Waals surface area contributed by atoms with Crippen molar-refractivity contribution in [3.8, 4) is 0 Å². The third kappa shape index (κ3) is 5.24. The number of hydrogen-bond donors (Lipinski definition) is 1. The van der Waals surface area contributed by atoms with Crippen molar-refractivity contribution in [2.24, 2.45) is 0 Å². The lowest BCUT2D eigenvalue weighted by atomic mass is 10.2. The van der Waals surface area contributed by atoms with E-state index in [1.54, 1.807) is 0 Å². The van der Waals surface area contributed by atoms with Crippen LogP contribution in [0.2, 0.25) is 10.0 Å². The predicted molar refractivity (Wildman–Crippen MR) is 74.0 cm³/mol. The summed E-state index contributed by atoms with van der Waals surface area (Å²) in [5.41, 5.74) is -5.05. The van der Waals surface area contributed by atoms with Crippen molar-refractivity contribution in [2.75, 3.05) is 11.5 Å². The maximum absolute atomic E-state index is 12.0. The molecule has 0 atom stereocenters. The van der Waals surface area contributed by atoms with Crippen LogP contribution in [0.1, 0.15) is 10.4 Å². The molecule has 0 aliphatic rings. The summed E-state index contributed by atoms with van der Waals surface area (Å²) in [6.07, 6.45) is 0. The third-order valence-corrected chi connectivity index (χ3v) is 5.69. The summed E-state index contributed by atoms with van der Waals surface area (Å²) in [5, 5.41) is 8.24. The number of sulfone groups is 1. The van der Waals surface area contributed by atoms with Gasteiger partial charge in [0, 0.05) is 5.75 Å². The van der Waals surface area contributed by atoms with Crippen molar-refractivity contribution >= 4 is 50.8 Å². The van der Waals surface area contributed by atoms with Gasteiger partial charge in [0.05, 0.1) is 26.3 Å². The van der Waals surface area contributed by atoms with Gasteiger partial charge in [-0.3, -0.25) is 0 Å². The number of alkyl halides is 3. The van der Waals surface area contributed by atoms with E-state index in [2.05, 4.69) is 0 Å². The lowest BCUT2D eigenvalue weighted by Crippen LogP contribution is -2.13. The van der Waals surface area contributed by atoms with Gasteiger partial charge in [-0.1, -0.05) is 23.2 Å². The second kappa shape index (κ2) is 6.64. The molecule has 0 bridgehead atoms. The highest BCUT2D eigenvalue weighted by molar-refractivity contribution is 8.01. The molecule has 0 fully saturated rings. The molecule has 4 nitrogen and oxygen atoms in total. The average Bonchev–Trinajstić information content (AvgIpc) is 2.25. The van der Waals surface area contributed by atoms with E-state index >= 15 is 0 Å². The van der Waals surface area contributed by atoms with Crippen molar-refractivity contribution in [2.45, 2.75) is 10.4 Å². The molecule has 1 aromatic rings. The van der Waals surface area contributed by atoms with Crippen LogP contribution in [0.3, 0.4) is 0 Å². The van der Waals surface area contributed by atoms with E-state index in [9.17, 15) is 26.4 Å². The number of carbonyl (C=O) groups is 1. The lowest BCUT2D eigenvalue weighted by Gasteiger charge is -2.09. The number of halogens is 5. The Morgan fingerprint density at radius 1 is 1.24 bits per heavy atom. The molecule has 0 unspecified atom stereocenters. The number of benzene rings is 1. The minimum Gasteiger partial charge on any atom is -0.478 e. The van der Waals surface area contributed by atoms with Crippen molar-refractivity contribution in [3.63, 3.8) is 0 Å². The van der Waals surface area contributed by atoms with Crippen molar-refractivity contribution in [1.82, 2.24) is 0 Å². The third-order valence-electron chi connectivity index (χ3n) is 2.20. The van der Waals surface area contributed by atoms with E-state index < -0.39 is 55.0 Å². The highest BCUT2D eigenvalue weighted by Crippen LogP contribution is 2.32. The quantitative estimate of drug-likeness (QED) is 0.839. The molecular formula is C10H7Cl2F3O4S2. The van der Waals surface area contributed by atoms with Crippen LogP contribution in [0.25, 0.3) is 0 Å². The molecule has 0 heterocycles. The smallest absolute Gasteiger partial charge is 0.441 e. The molecule has 1 N–H and O–H groups in total. The number of carboxylic acids is 1. The maximum Gasteiger partial charge on any atom is 0.441 e. The van der Waals surface area contributed by atoms with Gasteiger partial charge in [-0.05, 0) is 23.9 Å². The fourth-order valence-corrected chi connectivity index (χ4v) is 4.44. The van der Waals surface area contributed by atoms with Crippen LogP contribution >= 0.6 is 35.0 Å². The molecule has 0 radical (unpaired) electrons. The van der Waals surface area contributed by atoms with Gasteiger partial charge >= 0.3 is 11.5 Å². The zero-order chi connectivity index (χ0) is 16.4. The molecule has 0 saturated heterocycles. The lowest BCUT2D eigenvalue weighted by molar-refractivity contribution is -0.0326. The molecule has 11 heteroatoms. The first-order chi connectivity index (χ1) is 9.44. The van der Waals surface area contributed by atoms with Crippen LogP contribution < -0.4 is 0 Å². The fraction of sp³-hybridized carbons (Fsp3) is 0.300. The van der Waals surface area contributed by atoms with Gasteiger partial charge in [0.15, 0.2) is 9.84 Å². The summed E-state index contributed by atoms with van der Waals surface area (Å²) in [5.74, 6) is -3.04. The molecule has 21 heavy (non-hydrogen) atoms. The molecule has 118 valence electrons. The van der Waals surface area contributed by atoms with E-state index in [0.717, 1.165) is 12.1 Å². The predicted octanol–water partition coefficient (Wildman–Crippen LogP) is 3.72. The SMILES string of the molecule is O=C(O)c1cc(S(=O)(=O)CCSC(F)(F)F)c(Cl)cc1Cl. The Labute approximate surface area is 132 Å². The normalized spacial score (nSPS) is 12.4. The van der Waals surface area contributed by atoms with Crippen LogP contribution in [0, 0.1) is 0 Å². The fourth-order valence-electron chi connectivity index (χ4n) is 1.31. The van der Waals surface area contributed by atoms with Gasteiger partial charge in [0.2, 0.25) is 0 Å². The standard InChI is InChI=1S/C10H7Cl2F3O4S2/c11-6-4-7(12)8(3-5(6)9(16)17)21(18,19)2-1-20-10(13,14)15/h3-4H,1-2H2,(H,16,17). The Morgan fingerprint density at radius 2 is 1.81 bits per heavy atom. The highest BCUT2D eigenvalue weighted by Gasteiger charge is 2.30. The molecule has 0 aromatic heterocycles. The first kappa shape index (κ1) is 18.4. The second-order valence-electron chi connectivity index (χ2n) is 3.68. The zero-order valence-electron chi connectivity index (χ0n) is 9.95. The topological polar surface area (TPSA) is 71.4 Å². The van der Waals surface area contributed by atoms with E-state index in [1.165, 1.54) is 0 Å². The molecular weight excluding hydrogens is 376 g/mol. The molecule has 0 saturated carbocycles. The van der Waals surface area contributed by atoms with Gasteiger partial charge in [0.25, 0.3) is 0 Å². The molecule has 1 rings (SSSR count). The summed E-state index contributed by atoms with van der Waals surface area (Å²) >= 11 is 10.8. The van der Waals surface area contributed by atoms with Crippen LogP contribution in [0.5, 0.6) is 0 Å². The maximum atomic E-state index is 12.0. The summed E-state index contributed by atoms with van der Waals surface area (Å²) in [6.45, 7) is 0. The summed E-state index contributed by atoms with van der Waals surface area (Å²) < 4.78 is 59.8. The van der Waals surface area contributed by atoms with Crippen molar-refractivity contribution in [3.05, 3.63) is 27.7 Å². The number of carboxylic acid groups (broad SMARTS) is 1. The number of thioether (sulfide) groups is 1. The van der Waals surface area contributed by atoms with Crippen molar-refractivity contribution < 1.29 is 31.5 Å². The highest BCUT2D eigenvalue weighted by atomic mass is 35.5. The van der Waals surface area contributed by atoms with Crippen LogP contribution in [0.15, 0.2) is 17.0 Å². The van der Waals surface area contributed by atoms with Crippen LogP contribution in [-0.4, -0.2) is 36.5 Å². The van der Waals surface area contributed by atoms with Gasteiger partial charge in [0.1, 0.15) is 0 Å². The van der Waals surface area contributed by atoms with E-state index in [4.69, 9.17) is 28.3 Å². The Hall–Kier alpha value is -0.640. The average molecular weight is 383 g/mol. The van der Waals surface area contributed by atoms with Gasteiger partial charge in [-0.25, -0.2) is 13.2 Å². The largest absolute Gasteiger partial charge is 0.478 e. The van der Waals surface area contributed by atoms with Crippen molar-refractivity contribution in [1.29, 1.82) is 0 Å². The Morgan fingerprint density at radius 3 is 2.29 bits per heavy atom. The number of hydrogen-bond acceptors (Lipinski definition) is 4. The monoisotopic (exact) mass is 382 g/mol. The summed E-state index contributed by atoms with van der Waals surface area (Å²) in [6, 6.07) is 1.66. The molecule has 1 aromatic carbocycles. The number of aromatic carboxylic acids is 1. The van der Waals surface area contributed by atoms with E-state index in [-0.39, 0.29) is 10.0 Å². The molecule has 0 aliphatic carbocycles. The first-order valence-electron chi connectivity index (χ1n) is 5.10. The molecule has 0 spiro atoms. The summed E-state index contributed by atoms with van der Waals surface area (Å²) in [4.78, 5) is 10.3. The van der Waals surface area contributed by atoms with Gasteiger partial charge in [-0.15, -0.1) is 0 Å². The Balaban J connectivity index is 3.08. The molecule has 0 aliphatic heterocycles. The van der Waals surface area contributed by atoms with Gasteiger partial charge in [-0.2, -0.15) is 13.2 Å². The number of rotatable bonds is 5. The van der Waals surface area contributed by atoms with Crippen LogP contribution in [0.4, 0.5) is 13.2 Å². The van der Waals surface area contributed by atoms with E-state index in [1.807, 2.05) is 0 Å². The Bertz CT molecular complexity index is 659. The summed E-state index contributed by atoms with van der Waals surface area (Å²) in [7, 11) is -4.16.